The summed E-state index contributed by atoms with van der Waals surface area (Å²) in [5, 5.41) is 19.5. The molecule has 0 radical (unpaired) electrons. The molecule has 1 unspecified atom stereocenters. The first kappa shape index (κ1) is 15.5. The molecule has 1 aliphatic heterocycles. The molecule has 0 bridgehead atoms. The molecule has 1 aromatic rings. The van der Waals surface area contributed by atoms with Crippen LogP contribution in [-0.2, 0) is 16.3 Å². The van der Waals surface area contributed by atoms with Crippen LogP contribution in [0, 0.1) is 18.3 Å². The smallest absolute Gasteiger partial charge is 0.150 e. The van der Waals surface area contributed by atoms with Crippen molar-refractivity contribution in [3.63, 3.8) is 0 Å². The average molecular weight is 298 g/mol. The maximum absolute atomic E-state index is 11.7. The molecule has 0 aromatic heterocycles. The van der Waals surface area contributed by atoms with E-state index < -0.39 is 15.3 Å². The highest BCUT2D eigenvalue weighted by Gasteiger charge is 2.44. The minimum absolute atomic E-state index is 0.0694. The molecule has 0 amide bonds. The second-order valence-corrected chi connectivity index (χ2v) is 8.17. The molecule has 2 rings (SSSR count). The first-order valence-corrected chi connectivity index (χ1v) is 8.71. The highest BCUT2D eigenvalue weighted by Crippen LogP contribution is 2.38. The third kappa shape index (κ3) is 3.22. The lowest BCUT2D eigenvalue weighted by Crippen LogP contribution is -2.41. The lowest BCUT2D eigenvalue weighted by Gasteiger charge is -2.35. The largest absolute Gasteiger partial charge is 0.396 e. The molecule has 1 fully saturated rings. The van der Waals surface area contributed by atoms with Crippen LogP contribution in [0.15, 0.2) is 24.3 Å². The Balaban J connectivity index is 2.23. The maximum atomic E-state index is 11.7. The summed E-state index contributed by atoms with van der Waals surface area (Å²) in [7, 11) is -3.02. The van der Waals surface area contributed by atoms with Gasteiger partial charge >= 0.3 is 0 Å². The summed E-state index contributed by atoms with van der Waals surface area (Å²) >= 11 is 0. The van der Waals surface area contributed by atoms with Gasteiger partial charge in [0.05, 0.1) is 24.7 Å². The molecule has 1 atom stereocenters. The fourth-order valence-corrected chi connectivity index (χ4v) is 4.90. The SMILES string of the molecule is Cc1ccc(CC(CO)(CO)C2CCS(=O)(=O)C2)cc1. The highest BCUT2D eigenvalue weighted by atomic mass is 32.2. The number of rotatable bonds is 5. The van der Waals surface area contributed by atoms with E-state index >= 15 is 0 Å². The number of sulfone groups is 1. The van der Waals surface area contributed by atoms with Gasteiger partial charge in [-0.2, -0.15) is 0 Å². The summed E-state index contributed by atoms with van der Waals surface area (Å²) in [5.41, 5.74) is 1.41. The summed E-state index contributed by atoms with van der Waals surface area (Å²) in [6.07, 6.45) is 1.02. The van der Waals surface area contributed by atoms with Crippen LogP contribution in [0.1, 0.15) is 17.5 Å². The van der Waals surface area contributed by atoms with E-state index in [0.717, 1.165) is 11.1 Å². The van der Waals surface area contributed by atoms with Gasteiger partial charge in [0, 0.05) is 5.41 Å². The standard InChI is InChI=1S/C15H22O4S/c1-12-2-4-13(5-3-12)8-15(10-16,11-17)14-6-7-20(18,19)9-14/h2-5,14,16-17H,6-11H2,1H3. The topological polar surface area (TPSA) is 74.6 Å². The van der Waals surface area contributed by atoms with E-state index in [1.165, 1.54) is 0 Å². The van der Waals surface area contributed by atoms with Crippen molar-refractivity contribution in [1.82, 2.24) is 0 Å². The van der Waals surface area contributed by atoms with Crippen LogP contribution in [0.5, 0.6) is 0 Å². The third-order valence-corrected chi connectivity index (χ3v) is 6.17. The molecule has 112 valence electrons. The summed E-state index contributed by atoms with van der Waals surface area (Å²) < 4.78 is 23.3. The van der Waals surface area contributed by atoms with Crippen molar-refractivity contribution in [3.8, 4) is 0 Å². The highest BCUT2D eigenvalue weighted by molar-refractivity contribution is 7.91. The van der Waals surface area contributed by atoms with Gasteiger partial charge in [-0.05, 0) is 31.2 Å². The Bertz CT molecular complexity index is 544. The quantitative estimate of drug-likeness (QED) is 0.848. The van der Waals surface area contributed by atoms with E-state index in [9.17, 15) is 18.6 Å². The number of aliphatic hydroxyl groups is 2. The number of benzene rings is 1. The van der Waals surface area contributed by atoms with Gasteiger partial charge in [-0.25, -0.2) is 8.42 Å². The number of hydrogen-bond acceptors (Lipinski definition) is 4. The number of aliphatic hydroxyl groups excluding tert-OH is 2. The van der Waals surface area contributed by atoms with Crippen molar-refractivity contribution in [1.29, 1.82) is 0 Å². The lowest BCUT2D eigenvalue weighted by atomic mass is 9.72. The van der Waals surface area contributed by atoms with Gasteiger partial charge in [-0.15, -0.1) is 0 Å². The first-order chi connectivity index (χ1) is 9.41. The molecule has 4 nitrogen and oxygen atoms in total. The zero-order chi connectivity index (χ0) is 14.8. The number of hydrogen-bond donors (Lipinski definition) is 2. The Kier molecular flexibility index (Phi) is 4.52. The Morgan fingerprint density at radius 3 is 2.25 bits per heavy atom. The minimum Gasteiger partial charge on any atom is -0.396 e. The fourth-order valence-electron chi connectivity index (χ4n) is 2.95. The van der Waals surface area contributed by atoms with Crippen LogP contribution < -0.4 is 0 Å². The predicted molar refractivity (Wildman–Crippen MR) is 78.2 cm³/mol. The molecular formula is C15H22O4S. The summed E-state index contributed by atoms with van der Waals surface area (Å²) in [4.78, 5) is 0. The Morgan fingerprint density at radius 2 is 1.80 bits per heavy atom. The molecule has 1 aromatic carbocycles. The van der Waals surface area contributed by atoms with E-state index in [2.05, 4.69) is 0 Å². The summed E-state index contributed by atoms with van der Waals surface area (Å²) in [6, 6.07) is 7.91. The normalized spacial score (nSPS) is 22.1. The van der Waals surface area contributed by atoms with Crippen LogP contribution in [0.3, 0.4) is 0 Å². The summed E-state index contributed by atoms with van der Waals surface area (Å²) in [6.45, 7) is 1.60. The monoisotopic (exact) mass is 298 g/mol. The lowest BCUT2D eigenvalue weighted by molar-refractivity contribution is 0.0124. The Hall–Kier alpha value is -0.910. The molecule has 0 aliphatic carbocycles. The van der Waals surface area contributed by atoms with Gasteiger partial charge in [-0.3, -0.25) is 0 Å². The zero-order valence-electron chi connectivity index (χ0n) is 11.7. The van der Waals surface area contributed by atoms with Crippen molar-refractivity contribution in [3.05, 3.63) is 35.4 Å². The van der Waals surface area contributed by atoms with Crippen molar-refractivity contribution in [2.24, 2.45) is 11.3 Å². The number of aryl methyl sites for hydroxylation is 1. The second kappa shape index (κ2) is 5.84. The van der Waals surface area contributed by atoms with E-state index in [1.807, 2.05) is 31.2 Å². The first-order valence-electron chi connectivity index (χ1n) is 6.88. The van der Waals surface area contributed by atoms with Crippen LogP contribution in [0.2, 0.25) is 0 Å². The molecule has 0 spiro atoms. The van der Waals surface area contributed by atoms with Crippen LogP contribution in [0.25, 0.3) is 0 Å². The molecule has 1 aliphatic rings. The van der Waals surface area contributed by atoms with Crippen molar-refractivity contribution in [2.75, 3.05) is 24.7 Å². The molecule has 5 heteroatoms. The molecule has 0 saturated carbocycles. The van der Waals surface area contributed by atoms with Crippen molar-refractivity contribution in [2.45, 2.75) is 19.8 Å². The molecule has 1 heterocycles. The summed E-state index contributed by atoms with van der Waals surface area (Å²) in [5.74, 6) is 0.0524. The van der Waals surface area contributed by atoms with Crippen LogP contribution >= 0.6 is 0 Å². The van der Waals surface area contributed by atoms with Gasteiger partial charge in [0.15, 0.2) is 9.84 Å². The molecule has 20 heavy (non-hydrogen) atoms. The second-order valence-electron chi connectivity index (χ2n) is 5.94. The van der Waals surface area contributed by atoms with Gasteiger partial charge in [0.2, 0.25) is 0 Å². The van der Waals surface area contributed by atoms with Crippen LogP contribution in [0.4, 0.5) is 0 Å². The average Bonchev–Trinajstić information content (AvgIpc) is 2.79. The van der Waals surface area contributed by atoms with Gasteiger partial charge < -0.3 is 10.2 Å². The van der Waals surface area contributed by atoms with E-state index in [4.69, 9.17) is 0 Å². The van der Waals surface area contributed by atoms with E-state index in [0.29, 0.717) is 12.8 Å². The minimum atomic E-state index is -3.02. The van der Waals surface area contributed by atoms with Gasteiger partial charge in [-0.1, -0.05) is 29.8 Å². The predicted octanol–water partition coefficient (Wildman–Crippen LogP) is 0.943. The van der Waals surface area contributed by atoms with Crippen LogP contribution in [-0.4, -0.2) is 43.4 Å². The van der Waals surface area contributed by atoms with Gasteiger partial charge in [0.1, 0.15) is 0 Å². The molecule has 1 saturated heterocycles. The van der Waals surface area contributed by atoms with E-state index in [-0.39, 0.29) is 30.6 Å². The Morgan fingerprint density at radius 1 is 1.20 bits per heavy atom. The van der Waals surface area contributed by atoms with Crippen molar-refractivity contribution >= 4 is 9.84 Å². The Labute approximate surface area is 120 Å². The van der Waals surface area contributed by atoms with E-state index in [1.54, 1.807) is 0 Å². The fraction of sp³-hybridized carbons (Fsp3) is 0.600. The third-order valence-electron chi connectivity index (χ3n) is 4.41. The zero-order valence-corrected chi connectivity index (χ0v) is 12.6. The van der Waals surface area contributed by atoms with Crippen molar-refractivity contribution < 1.29 is 18.6 Å². The maximum Gasteiger partial charge on any atom is 0.150 e. The van der Waals surface area contributed by atoms with Gasteiger partial charge in [0.25, 0.3) is 0 Å². The molecular weight excluding hydrogens is 276 g/mol. The molecule has 2 N–H and O–H groups in total.